The van der Waals surface area contributed by atoms with Crippen LogP contribution in [0.15, 0.2) is 11.6 Å². The van der Waals surface area contributed by atoms with Gasteiger partial charge in [0.2, 0.25) is 5.91 Å². The molecule has 1 aromatic rings. The number of likely N-dealkylation sites (tertiary alicyclic amines) is 1. The number of carbonyl (C=O) groups excluding carboxylic acids is 1. The maximum Gasteiger partial charge on any atom is 0.229 e. The van der Waals surface area contributed by atoms with E-state index >= 15 is 0 Å². The van der Waals surface area contributed by atoms with Crippen LogP contribution in [0.4, 0.5) is 0 Å². The van der Waals surface area contributed by atoms with Gasteiger partial charge in [0.15, 0.2) is 0 Å². The van der Waals surface area contributed by atoms with Gasteiger partial charge in [-0.05, 0) is 69.1 Å². The minimum Gasteiger partial charge on any atom is -0.333 e. The molecule has 4 saturated carbocycles. The van der Waals surface area contributed by atoms with Crippen molar-refractivity contribution < 1.29 is 4.79 Å². The Labute approximate surface area is 136 Å². The van der Waals surface area contributed by atoms with E-state index in [0.29, 0.717) is 5.91 Å². The van der Waals surface area contributed by atoms with Crippen LogP contribution in [0.1, 0.15) is 62.4 Å². The van der Waals surface area contributed by atoms with E-state index < -0.39 is 0 Å². The fraction of sp³-hybridized carbons (Fsp3) is 0.778. The highest BCUT2D eigenvalue weighted by Crippen LogP contribution is 2.61. The Balaban J connectivity index is 1.44. The van der Waals surface area contributed by atoms with Crippen LogP contribution in [-0.4, -0.2) is 22.3 Å². The second kappa shape index (κ2) is 4.80. The van der Waals surface area contributed by atoms with Crippen molar-refractivity contribution in [2.45, 2.75) is 57.4 Å². The Kier molecular flexibility index (Phi) is 2.95. The van der Waals surface area contributed by atoms with Crippen LogP contribution in [0.5, 0.6) is 0 Å². The quantitative estimate of drug-likeness (QED) is 0.825. The number of hydrogen-bond donors (Lipinski definition) is 0. The summed E-state index contributed by atoms with van der Waals surface area (Å²) in [7, 11) is 0. The van der Waals surface area contributed by atoms with E-state index in [1.807, 2.05) is 11.6 Å². The highest BCUT2D eigenvalue weighted by Gasteiger charge is 2.56. The van der Waals surface area contributed by atoms with Gasteiger partial charge in [0.25, 0.3) is 0 Å². The van der Waals surface area contributed by atoms with E-state index in [-0.39, 0.29) is 11.5 Å². The van der Waals surface area contributed by atoms with E-state index in [1.165, 1.54) is 38.5 Å². The first-order valence-electron chi connectivity index (χ1n) is 8.94. The molecule has 4 bridgehead atoms. The lowest BCUT2D eigenvalue weighted by Gasteiger charge is -2.56. The van der Waals surface area contributed by atoms with Gasteiger partial charge < -0.3 is 4.90 Å². The second-order valence-electron chi connectivity index (χ2n) is 8.22. The standard InChI is InChI=1S/C18H24N2OS/c21-17(20-4-1-2-15(20)16-19-3-5-22-16)18-9-12-6-13(10-18)8-14(7-12)11-18/h3,5,12-15H,1-2,4,6-11H2. The summed E-state index contributed by atoms with van der Waals surface area (Å²) in [6.07, 6.45) is 11.9. The summed E-state index contributed by atoms with van der Waals surface area (Å²) >= 11 is 1.71. The van der Waals surface area contributed by atoms with Gasteiger partial charge in [-0.15, -0.1) is 11.3 Å². The predicted molar refractivity (Wildman–Crippen MR) is 86.4 cm³/mol. The van der Waals surface area contributed by atoms with Crippen molar-refractivity contribution in [3.05, 3.63) is 16.6 Å². The molecule has 0 N–H and O–H groups in total. The Bertz CT molecular complexity index is 547. The predicted octanol–water partition coefficient (Wildman–Crippen LogP) is 4.02. The molecule has 1 aromatic heterocycles. The van der Waals surface area contributed by atoms with Crippen LogP contribution in [0.25, 0.3) is 0 Å². The molecule has 1 amide bonds. The van der Waals surface area contributed by atoms with E-state index in [2.05, 4.69) is 9.88 Å². The largest absolute Gasteiger partial charge is 0.333 e. The molecule has 5 aliphatic rings. The smallest absolute Gasteiger partial charge is 0.229 e. The summed E-state index contributed by atoms with van der Waals surface area (Å²) in [5, 5.41) is 3.19. The highest BCUT2D eigenvalue weighted by molar-refractivity contribution is 7.09. The van der Waals surface area contributed by atoms with Crippen molar-refractivity contribution in [1.29, 1.82) is 0 Å². The lowest BCUT2D eigenvalue weighted by Crippen LogP contribution is -2.54. The van der Waals surface area contributed by atoms with Crippen LogP contribution >= 0.6 is 11.3 Å². The molecule has 118 valence electrons. The molecule has 2 heterocycles. The summed E-state index contributed by atoms with van der Waals surface area (Å²) in [6.45, 7) is 0.949. The number of rotatable bonds is 2. The Morgan fingerprint density at radius 1 is 1.18 bits per heavy atom. The van der Waals surface area contributed by atoms with Crippen LogP contribution < -0.4 is 0 Å². The summed E-state index contributed by atoms with van der Waals surface area (Å²) in [4.78, 5) is 20.2. The average molecular weight is 316 g/mol. The zero-order valence-corrected chi connectivity index (χ0v) is 13.9. The molecule has 5 fully saturated rings. The SMILES string of the molecule is O=C(N1CCCC1c1nccs1)C12CC3CC(CC(C3)C1)C2. The lowest BCUT2D eigenvalue weighted by molar-refractivity contribution is -0.158. The molecule has 0 radical (unpaired) electrons. The minimum absolute atomic E-state index is 0.00853. The first kappa shape index (κ1) is 13.5. The summed E-state index contributed by atoms with van der Waals surface area (Å²) < 4.78 is 0. The third-order valence-corrected chi connectivity index (χ3v) is 7.62. The van der Waals surface area contributed by atoms with E-state index in [1.54, 1.807) is 11.3 Å². The molecule has 3 nitrogen and oxygen atoms in total. The number of nitrogens with zero attached hydrogens (tertiary/aromatic N) is 2. The van der Waals surface area contributed by atoms with E-state index in [0.717, 1.165) is 42.1 Å². The van der Waals surface area contributed by atoms with Crippen LogP contribution in [0.2, 0.25) is 0 Å². The van der Waals surface area contributed by atoms with Crippen molar-refractivity contribution >= 4 is 17.2 Å². The summed E-state index contributed by atoms with van der Waals surface area (Å²) in [6, 6.07) is 0.264. The normalized spacial score (nSPS) is 43.0. The number of thiazole rings is 1. The van der Waals surface area contributed by atoms with Gasteiger partial charge in [-0.3, -0.25) is 4.79 Å². The average Bonchev–Trinajstić information content (AvgIpc) is 3.16. The van der Waals surface area contributed by atoms with Gasteiger partial charge >= 0.3 is 0 Å². The molecule has 4 aliphatic carbocycles. The van der Waals surface area contributed by atoms with Crippen molar-refractivity contribution in [2.24, 2.45) is 23.2 Å². The lowest BCUT2D eigenvalue weighted by atomic mass is 9.49. The van der Waals surface area contributed by atoms with E-state index in [4.69, 9.17) is 0 Å². The van der Waals surface area contributed by atoms with Gasteiger partial charge in [-0.2, -0.15) is 0 Å². The molecule has 1 saturated heterocycles. The van der Waals surface area contributed by atoms with Crippen molar-refractivity contribution in [1.82, 2.24) is 9.88 Å². The minimum atomic E-state index is 0.00853. The first-order valence-corrected chi connectivity index (χ1v) is 9.82. The van der Waals surface area contributed by atoms with Crippen molar-refractivity contribution in [3.8, 4) is 0 Å². The molecule has 1 atom stereocenters. The van der Waals surface area contributed by atoms with Gasteiger partial charge in [-0.25, -0.2) is 4.98 Å². The summed E-state index contributed by atoms with van der Waals surface area (Å²) in [5.41, 5.74) is 0.00853. The zero-order chi connectivity index (χ0) is 14.7. The van der Waals surface area contributed by atoms with E-state index in [9.17, 15) is 4.79 Å². The van der Waals surface area contributed by atoms with Gasteiger partial charge in [0, 0.05) is 18.1 Å². The topological polar surface area (TPSA) is 33.2 Å². The zero-order valence-electron chi connectivity index (χ0n) is 13.0. The molecule has 1 unspecified atom stereocenters. The molecule has 6 rings (SSSR count). The first-order chi connectivity index (χ1) is 10.7. The molecule has 22 heavy (non-hydrogen) atoms. The van der Waals surface area contributed by atoms with Crippen LogP contribution in [0, 0.1) is 23.2 Å². The second-order valence-corrected chi connectivity index (χ2v) is 9.15. The van der Waals surface area contributed by atoms with Gasteiger partial charge in [0.1, 0.15) is 5.01 Å². The number of amides is 1. The molecule has 1 aliphatic heterocycles. The molecule has 0 spiro atoms. The third-order valence-electron chi connectivity index (χ3n) is 6.74. The number of hydrogen-bond acceptors (Lipinski definition) is 3. The third kappa shape index (κ3) is 1.92. The monoisotopic (exact) mass is 316 g/mol. The van der Waals surface area contributed by atoms with Crippen molar-refractivity contribution in [3.63, 3.8) is 0 Å². The Morgan fingerprint density at radius 3 is 2.45 bits per heavy atom. The van der Waals surface area contributed by atoms with Crippen LogP contribution in [0.3, 0.4) is 0 Å². The fourth-order valence-electron chi connectivity index (χ4n) is 6.34. The van der Waals surface area contributed by atoms with Gasteiger partial charge in [-0.1, -0.05) is 0 Å². The molecular weight excluding hydrogens is 292 g/mol. The van der Waals surface area contributed by atoms with Gasteiger partial charge in [0.05, 0.1) is 11.5 Å². The molecule has 4 heteroatoms. The number of carbonyl (C=O) groups is 1. The Hall–Kier alpha value is -0.900. The van der Waals surface area contributed by atoms with Crippen LogP contribution in [-0.2, 0) is 4.79 Å². The maximum atomic E-state index is 13.5. The number of aromatic nitrogens is 1. The highest BCUT2D eigenvalue weighted by atomic mass is 32.1. The molecule has 0 aromatic carbocycles. The maximum absolute atomic E-state index is 13.5. The Morgan fingerprint density at radius 2 is 1.86 bits per heavy atom. The molecular formula is C18H24N2OS. The van der Waals surface area contributed by atoms with Crippen molar-refractivity contribution in [2.75, 3.05) is 6.54 Å². The fourth-order valence-corrected chi connectivity index (χ4v) is 7.13. The summed E-state index contributed by atoms with van der Waals surface area (Å²) in [5.74, 6) is 3.02.